The second-order valence-corrected chi connectivity index (χ2v) is 6.87. The molecule has 0 fully saturated rings. The van der Waals surface area contributed by atoms with Gasteiger partial charge in [0.2, 0.25) is 0 Å². The van der Waals surface area contributed by atoms with Crippen LogP contribution in [0.15, 0.2) is 66.7 Å². The molecular weight excluding hydrogens is 351 g/mol. The van der Waals surface area contributed by atoms with Crippen molar-refractivity contribution in [1.82, 2.24) is 0 Å². The molecule has 0 saturated carbocycles. The molecule has 0 saturated heterocycles. The summed E-state index contributed by atoms with van der Waals surface area (Å²) in [6, 6.07) is 21.2. The van der Waals surface area contributed by atoms with Gasteiger partial charge in [0.15, 0.2) is 5.78 Å². The van der Waals surface area contributed by atoms with E-state index in [1.807, 2.05) is 54.6 Å². The van der Waals surface area contributed by atoms with Crippen LogP contribution in [0.5, 0.6) is 0 Å². The van der Waals surface area contributed by atoms with Crippen molar-refractivity contribution in [3.63, 3.8) is 0 Å². The van der Waals surface area contributed by atoms with Gasteiger partial charge in [0, 0.05) is 11.1 Å². The fourth-order valence-corrected chi connectivity index (χ4v) is 3.52. The van der Waals surface area contributed by atoms with Crippen molar-refractivity contribution in [3.8, 4) is 0 Å². The zero-order chi connectivity index (χ0) is 17.4. The molecule has 0 heterocycles. The van der Waals surface area contributed by atoms with Gasteiger partial charge in [0.25, 0.3) is 0 Å². The Bertz CT molecular complexity index is 1020. The van der Waals surface area contributed by atoms with E-state index in [0.29, 0.717) is 15.6 Å². The Morgan fingerprint density at radius 1 is 0.760 bits per heavy atom. The van der Waals surface area contributed by atoms with Crippen LogP contribution in [-0.4, -0.2) is 5.78 Å². The standard InChI is InChI=1S/C22H14Cl2O/c23-20-10-9-14(12-21(20)24)11-19-17-7-3-1-5-15(17)13-16-6-2-4-8-18(16)22(19)25/h1-12H,13H2/b19-11+. The molecule has 122 valence electrons. The Hall–Kier alpha value is -2.35. The predicted octanol–water partition coefficient (Wildman–Crippen LogP) is 6.32. The summed E-state index contributed by atoms with van der Waals surface area (Å²) in [6.07, 6.45) is 2.64. The van der Waals surface area contributed by atoms with Gasteiger partial charge in [-0.1, -0.05) is 77.8 Å². The highest BCUT2D eigenvalue weighted by Crippen LogP contribution is 2.33. The van der Waals surface area contributed by atoms with Gasteiger partial charge in [0.1, 0.15) is 0 Å². The molecule has 0 unspecified atom stereocenters. The van der Waals surface area contributed by atoms with E-state index >= 15 is 0 Å². The second-order valence-electron chi connectivity index (χ2n) is 6.05. The van der Waals surface area contributed by atoms with E-state index in [9.17, 15) is 4.79 Å². The Kier molecular flexibility index (Phi) is 4.20. The van der Waals surface area contributed by atoms with Gasteiger partial charge in [-0.25, -0.2) is 0 Å². The van der Waals surface area contributed by atoms with E-state index < -0.39 is 0 Å². The maximum atomic E-state index is 13.2. The molecule has 0 bridgehead atoms. The minimum atomic E-state index is 0.0339. The summed E-state index contributed by atoms with van der Waals surface area (Å²) in [5, 5.41) is 0.979. The average molecular weight is 365 g/mol. The number of carbonyl (C=O) groups is 1. The molecule has 0 radical (unpaired) electrons. The summed E-state index contributed by atoms with van der Waals surface area (Å²) in [5.74, 6) is 0.0339. The average Bonchev–Trinajstić information content (AvgIpc) is 2.74. The molecule has 1 aliphatic carbocycles. The molecule has 3 aromatic carbocycles. The monoisotopic (exact) mass is 364 g/mol. The van der Waals surface area contributed by atoms with Crippen molar-refractivity contribution in [2.24, 2.45) is 0 Å². The molecule has 1 nitrogen and oxygen atoms in total. The summed E-state index contributed by atoms with van der Waals surface area (Å²) in [6.45, 7) is 0. The summed E-state index contributed by atoms with van der Waals surface area (Å²) in [7, 11) is 0. The van der Waals surface area contributed by atoms with Crippen LogP contribution < -0.4 is 0 Å². The first-order valence-corrected chi connectivity index (χ1v) is 8.77. The number of ketones is 1. The molecule has 0 aliphatic heterocycles. The largest absolute Gasteiger partial charge is 0.289 e. The van der Waals surface area contributed by atoms with E-state index in [2.05, 4.69) is 6.07 Å². The van der Waals surface area contributed by atoms with Crippen molar-refractivity contribution in [1.29, 1.82) is 0 Å². The van der Waals surface area contributed by atoms with Crippen molar-refractivity contribution in [2.75, 3.05) is 0 Å². The third-order valence-corrected chi connectivity index (χ3v) is 5.19. The van der Waals surface area contributed by atoms with E-state index in [-0.39, 0.29) is 5.78 Å². The van der Waals surface area contributed by atoms with E-state index in [4.69, 9.17) is 23.2 Å². The fraction of sp³-hybridized carbons (Fsp3) is 0.0455. The lowest BCUT2D eigenvalue weighted by Gasteiger charge is -2.09. The maximum absolute atomic E-state index is 13.2. The number of carbonyl (C=O) groups excluding carboxylic acids is 1. The Morgan fingerprint density at radius 2 is 1.40 bits per heavy atom. The lowest BCUT2D eigenvalue weighted by molar-refractivity contribution is 0.105. The van der Waals surface area contributed by atoms with Crippen molar-refractivity contribution >= 4 is 40.6 Å². The number of halogens is 2. The fourth-order valence-electron chi connectivity index (χ4n) is 3.22. The summed E-state index contributed by atoms with van der Waals surface area (Å²) < 4.78 is 0. The van der Waals surface area contributed by atoms with Gasteiger partial charge in [-0.3, -0.25) is 4.79 Å². The summed E-state index contributed by atoms with van der Waals surface area (Å²) in [4.78, 5) is 13.2. The van der Waals surface area contributed by atoms with Crippen LogP contribution in [-0.2, 0) is 6.42 Å². The number of hydrogen-bond acceptors (Lipinski definition) is 1. The van der Waals surface area contributed by atoms with Crippen LogP contribution in [0.1, 0.15) is 32.6 Å². The van der Waals surface area contributed by atoms with Gasteiger partial charge in [0.05, 0.1) is 10.0 Å². The van der Waals surface area contributed by atoms with Gasteiger partial charge in [-0.2, -0.15) is 0 Å². The molecule has 25 heavy (non-hydrogen) atoms. The highest BCUT2D eigenvalue weighted by Gasteiger charge is 2.23. The highest BCUT2D eigenvalue weighted by molar-refractivity contribution is 6.42. The molecule has 3 heteroatoms. The lowest BCUT2D eigenvalue weighted by Crippen LogP contribution is -2.03. The Labute approximate surface area is 156 Å². The van der Waals surface area contributed by atoms with Crippen LogP contribution in [0.2, 0.25) is 10.0 Å². The Morgan fingerprint density at radius 3 is 2.12 bits per heavy atom. The summed E-state index contributed by atoms with van der Waals surface area (Å²) in [5.41, 5.74) is 5.45. The lowest BCUT2D eigenvalue weighted by atomic mass is 9.94. The van der Waals surface area contributed by atoms with Crippen LogP contribution in [0.25, 0.3) is 11.6 Å². The third kappa shape index (κ3) is 3.02. The van der Waals surface area contributed by atoms with Crippen LogP contribution in [0.3, 0.4) is 0 Å². The van der Waals surface area contributed by atoms with Gasteiger partial charge < -0.3 is 0 Å². The van der Waals surface area contributed by atoms with E-state index in [0.717, 1.165) is 34.2 Å². The second kappa shape index (κ2) is 6.51. The number of fused-ring (bicyclic) bond motifs is 2. The molecule has 0 amide bonds. The third-order valence-electron chi connectivity index (χ3n) is 4.45. The van der Waals surface area contributed by atoms with Crippen molar-refractivity contribution in [3.05, 3.63) is 105 Å². The quantitative estimate of drug-likeness (QED) is 0.461. The van der Waals surface area contributed by atoms with E-state index in [1.54, 1.807) is 12.1 Å². The number of rotatable bonds is 1. The first-order valence-electron chi connectivity index (χ1n) is 8.01. The molecular formula is C22H14Cl2O. The molecule has 3 aromatic rings. The van der Waals surface area contributed by atoms with Gasteiger partial charge in [-0.05, 0) is 46.9 Å². The molecule has 4 rings (SSSR count). The molecule has 0 spiro atoms. The number of allylic oxidation sites excluding steroid dienone is 1. The first kappa shape index (κ1) is 16.1. The minimum Gasteiger partial charge on any atom is -0.289 e. The van der Waals surface area contributed by atoms with Crippen LogP contribution >= 0.6 is 23.2 Å². The summed E-state index contributed by atoms with van der Waals surface area (Å²) >= 11 is 12.1. The highest BCUT2D eigenvalue weighted by atomic mass is 35.5. The smallest absolute Gasteiger partial charge is 0.193 e. The first-order chi connectivity index (χ1) is 12.1. The topological polar surface area (TPSA) is 17.1 Å². The molecule has 0 N–H and O–H groups in total. The van der Waals surface area contributed by atoms with Gasteiger partial charge >= 0.3 is 0 Å². The zero-order valence-corrected chi connectivity index (χ0v) is 14.8. The van der Waals surface area contributed by atoms with E-state index in [1.165, 1.54) is 0 Å². The number of hydrogen-bond donors (Lipinski definition) is 0. The number of benzene rings is 3. The van der Waals surface area contributed by atoms with Crippen LogP contribution in [0, 0.1) is 0 Å². The molecule has 1 aliphatic rings. The zero-order valence-electron chi connectivity index (χ0n) is 13.3. The number of Topliss-reactive ketones (excluding diaryl/α,β-unsaturated/α-hetero) is 1. The molecule has 0 aromatic heterocycles. The predicted molar refractivity (Wildman–Crippen MR) is 104 cm³/mol. The van der Waals surface area contributed by atoms with Gasteiger partial charge in [-0.15, -0.1) is 0 Å². The van der Waals surface area contributed by atoms with Crippen molar-refractivity contribution in [2.45, 2.75) is 6.42 Å². The van der Waals surface area contributed by atoms with Crippen molar-refractivity contribution < 1.29 is 4.79 Å². The normalized spacial score (nSPS) is 14.8. The SMILES string of the molecule is O=C1/C(=C/c2ccc(Cl)c(Cl)c2)c2ccccc2Cc2ccccc21. The molecule has 0 atom stereocenters. The Balaban J connectivity index is 1.94. The van der Waals surface area contributed by atoms with Crippen LogP contribution in [0.4, 0.5) is 0 Å². The minimum absolute atomic E-state index is 0.0339. The maximum Gasteiger partial charge on any atom is 0.193 e.